The van der Waals surface area contributed by atoms with Crippen molar-refractivity contribution >= 4 is 34.5 Å². The van der Waals surface area contributed by atoms with Crippen LogP contribution in [0.1, 0.15) is 28.8 Å². The predicted molar refractivity (Wildman–Crippen MR) is 126 cm³/mol. The minimum absolute atomic E-state index is 0.0428. The van der Waals surface area contributed by atoms with Crippen LogP contribution in [0.5, 0.6) is 0 Å². The number of ether oxygens (including phenoxy) is 1. The van der Waals surface area contributed by atoms with Gasteiger partial charge in [-0.05, 0) is 31.2 Å². The Morgan fingerprint density at radius 2 is 2.06 bits per heavy atom. The highest BCUT2D eigenvalue weighted by Crippen LogP contribution is 2.30. The first kappa shape index (κ1) is 22.1. The van der Waals surface area contributed by atoms with Gasteiger partial charge in [0.15, 0.2) is 0 Å². The van der Waals surface area contributed by atoms with Gasteiger partial charge in [0.05, 0.1) is 17.6 Å². The van der Waals surface area contributed by atoms with Gasteiger partial charge in [0, 0.05) is 36.6 Å². The quantitative estimate of drug-likeness (QED) is 0.527. The third-order valence-corrected chi connectivity index (χ3v) is 6.16. The third-order valence-electron chi connectivity index (χ3n) is 5.58. The summed E-state index contributed by atoms with van der Waals surface area (Å²) in [5.74, 6) is 1.64. The number of piperidine rings is 1. The average molecular weight is 451 g/mol. The molecule has 1 fully saturated rings. The lowest BCUT2D eigenvalue weighted by Gasteiger charge is -2.33. The minimum atomic E-state index is -0.0428. The highest BCUT2D eigenvalue weighted by molar-refractivity contribution is 7.98. The monoisotopic (exact) mass is 450 g/mol. The lowest BCUT2D eigenvalue weighted by atomic mass is 10.0. The van der Waals surface area contributed by atoms with E-state index in [2.05, 4.69) is 26.3 Å². The number of carbonyl (C=O) groups is 1. The molecule has 9 heteroatoms. The zero-order valence-corrected chi connectivity index (χ0v) is 18.8. The number of nitrogens with zero attached hydrogens (tertiary/aromatic N) is 5. The van der Waals surface area contributed by atoms with Crippen LogP contribution in [0.4, 0.5) is 5.82 Å². The molecule has 0 atom stereocenters. The van der Waals surface area contributed by atoms with Crippen molar-refractivity contribution in [3.8, 4) is 6.07 Å². The molecule has 32 heavy (non-hydrogen) atoms. The molecular formula is C23H26N6O2S. The van der Waals surface area contributed by atoms with Crippen LogP contribution in [-0.2, 0) is 11.5 Å². The van der Waals surface area contributed by atoms with Gasteiger partial charge in [-0.3, -0.25) is 4.79 Å². The molecule has 1 aliphatic rings. The molecule has 1 aromatic carbocycles. The smallest absolute Gasteiger partial charge is 0.251 e. The van der Waals surface area contributed by atoms with Gasteiger partial charge in [-0.2, -0.15) is 17.0 Å². The number of anilines is 1. The van der Waals surface area contributed by atoms with Crippen molar-refractivity contribution < 1.29 is 9.53 Å². The summed E-state index contributed by atoms with van der Waals surface area (Å²) < 4.78 is 7.58. The molecule has 1 N–H and O–H groups in total. The van der Waals surface area contributed by atoms with Crippen LogP contribution in [0.3, 0.4) is 0 Å². The van der Waals surface area contributed by atoms with Crippen LogP contribution in [0, 0.1) is 11.3 Å². The standard InChI is InChI=1S/C23H26N6O2S/c1-32-12-11-31-16-29-14-18(13-24)20-21(25-15-26-22(20)29)28-9-7-19(8-10-28)27-23(30)17-5-3-2-4-6-17/h2-6,14-15,19H,7-12,16H2,1H3,(H,27,30). The van der Waals surface area contributed by atoms with Crippen LogP contribution >= 0.6 is 11.8 Å². The van der Waals surface area contributed by atoms with E-state index in [9.17, 15) is 10.1 Å². The molecule has 4 rings (SSSR count). The number of hydrogen-bond donors (Lipinski definition) is 1. The zero-order valence-electron chi connectivity index (χ0n) is 18.0. The van der Waals surface area contributed by atoms with Crippen LogP contribution in [-0.4, -0.2) is 58.2 Å². The van der Waals surface area contributed by atoms with Gasteiger partial charge in [0.2, 0.25) is 0 Å². The molecule has 0 spiro atoms. The molecule has 1 aliphatic heterocycles. The van der Waals surface area contributed by atoms with E-state index < -0.39 is 0 Å². The van der Waals surface area contributed by atoms with E-state index in [1.54, 1.807) is 24.3 Å². The molecule has 0 saturated carbocycles. The number of nitriles is 1. The van der Waals surface area contributed by atoms with E-state index in [1.807, 2.05) is 41.2 Å². The summed E-state index contributed by atoms with van der Waals surface area (Å²) in [5, 5.41) is 13.6. The number of fused-ring (bicyclic) bond motifs is 1. The van der Waals surface area contributed by atoms with Crippen molar-refractivity contribution in [1.29, 1.82) is 5.26 Å². The number of carbonyl (C=O) groups excluding carboxylic acids is 1. The summed E-state index contributed by atoms with van der Waals surface area (Å²) in [4.78, 5) is 23.6. The number of benzene rings is 1. The molecule has 0 radical (unpaired) electrons. The van der Waals surface area contributed by atoms with Gasteiger partial charge >= 0.3 is 0 Å². The van der Waals surface area contributed by atoms with E-state index in [4.69, 9.17) is 4.74 Å². The first-order valence-corrected chi connectivity index (χ1v) is 12.0. The zero-order chi connectivity index (χ0) is 22.3. The van der Waals surface area contributed by atoms with Gasteiger partial charge < -0.3 is 19.5 Å². The summed E-state index contributed by atoms with van der Waals surface area (Å²) in [6, 6.07) is 11.7. The van der Waals surface area contributed by atoms with Gasteiger partial charge in [-0.1, -0.05) is 18.2 Å². The normalized spacial score (nSPS) is 14.4. The number of hydrogen-bond acceptors (Lipinski definition) is 7. The second-order valence-electron chi connectivity index (χ2n) is 7.65. The minimum Gasteiger partial charge on any atom is -0.360 e. The van der Waals surface area contributed by atoms with Crippen molar-refractivity contribution in [1.82, 2.24) is 19.9 Å². The highest BCUT2D eigenvalue weighted by atomic mass is 32.2. The van der Waals surface area contributed by atoms with Gasteiger partial charge in [0.25, 0.3) is 5.91 Å². The molecular weight excluding hydrogens is 424 g/mol. The molecule has 2 aromatic heterocycles. The van der Waals surface area contributed by atoms with Crippen molar-refractivity contribution in [2.24, 2.45) is 0 Å². The summed E-state index contributed by atoms with van der Waals surface area (Å²) in [6.07, 6.45) is 6.99. The summed E-state index contributed by atoms with van der Waals surface area (Å²) in [7, 11) is 0. The van der Waals surface area contributed by atoms with E-state index in [0.717, 1.165) is 42.9 Å². The Labute approximate surface area is 191 Å². The Morgan fingerprint density at radius 3 is 2.78 bits per heavy atom. The second kappa shape index (κ2) is 10.5. The van der Waals surface area contributed by atoms with Crippen molar-refractivity contribution in [3.63, 3.8) is 0 Å². The topological polar surface area (TPSA) is 96.1 Å². The molecule has 3 heterocycles. The maximum absolute atomic E-state index is 12.5. The van der Waals surface area contributed by atoms with Gasteiger partial charge in [0.1, 0.15) is 30.6 Å². The van der Waals surface area contributed by atoms with E-state index in [0.29, 0.717) is 30.1 Å². The van der Waals surface area contributed by atoms with Crippen LogP contribution in [0.25, 0.3) is 11.0 Å². The molecule has 0 aliphatic carbocycles. The maximum Gasteiger partial charge on any atom is 0.251 e. The van der Waals surface area contributed by atoms with Crippen molar-refractivity contribution in [2.75, 3.05) is 36.6 Å². The van der Waals surface area contributed by atoms with Crippen molar-refractivity contribution in [2.45, 2.75) is 25.6 Å². The summed E-state index contributed by atoms with van der Waals surface area (Å²) in [5.41, 5.74) is 1.92. The summed E-state index contributed by atoms with van der Waals surface area (Å²) in [6.45, 7) is 2.48. The average Bonchev–Trinajstić information content (AvgIpc) is 3.21. The molecule has 1 saturated heterocycles. The van der Waals surface area contributed by atoms with E-state index in [-0.39, 0.29) is 11.9 Å². The number of amides is 1. The Hall–Kier alpha value is -3.09. The van der Waals surface area contributed by atoms with Crippen LogP contribution in [0.15, 0.2) is 42.9 Å². The number of nitrogens with one attached hydrogen (secondary N) is 1. The van der Waals surface area contributed by atoms with Crippen LogP contribution in [0.2, 0.25) is 0 Å². The molecule has 1 amide bonds. The first-order valence-electron chi connectivity index (χ1n) is 10.6. The lowest BCUT2D eigenvalue weighted by Crippen LogP contribution is -2.45. The van der Waals surface area contributed by atoms with Crippen LogP contribution < -0.4 is 10.2 Å². The Morgan fingerprint density at radius 1 is 1.28 bits per heavy atom. The fourth-order valence-electron chi connectivity index (χ4n) is 3.93. The fraction of sp³-hybridized carbons (Fsp3) is 0.391. The Bertz CT molecular complexity index is 1100. The molecule has 8 nitrogen and oxygen atoms in total. The highest BCUT2D eigenvalue weighted by Gasteiger charge is 2.25. The Balaban J connectivity index is 1.45. The van der Waals surface area contributed by atoms with E-state index in [1.165, 1.54) is 0 Å². The maximum atomic E-state index is 12.5. The SMILES string of the molecule is CSCCOCn1cc(C#N)c2c(N3CCC(NC(=O)c4ccccc4)CC3)ncnc21. The molecule has 0 bridgehead atoms. The fourth-order valence-corrected chi connectivity index (χ4v) is 4.21. The van der Waals surface area contributed by atoms with E-state index >= 15 is 0 Å². The first-order chi connectivity index (χ1) is 15.7. The number of thioether (sulfide) groups is 1. The molecule has 166 valence electrons. The van der Waals surface area contributed by atoms with Gasteiger partial charge in [-0.15, -0.1) is 0 Å². The number of aromatic nitrogens is 3. The van der Waals surface area contributed by atoms with Crippen molar-refractivity contribution in [3.05, 3.63) is 54.0 Å². The largest absolute Gasteiger partial charge is 0.360 e. The third kappa shape index (κ3) is 4.87. The second-order valence-corrected chi connectivity index (χ2v) is 8.64. The molecule has 3 aromatic rings. The summed E-state index contributed by atoms with van der Waals surface area (Å²) >= 11 is 1.73. The van der Waals surface area contributed by atoms with Gasteiger partial charge in [-0.25, -0.2) is 9.97 Å². The number of rotatable bonds is 8. The molecule has 0 unspecified atom stereocenters. The lowest BCUT2D eigenvalue weighted by molar-refractivity contribution is 0.0925. The Kier molecular flexibility index (Phi) is 7.24. The predicted octanol–water partition coefficient (Wildman–Crippen LogP) is 3.04.